The van der Waals surface area contributed by atoms with Gasteiger partial charge >= 0.3 is 0 Å². The third-order valence-corrected chi connectivity index (χ3v) is 4.04. The summed E-state index contributed by atoms with van der Waals surface area (Å²) >= 11 is 0. The Morgan fingerprint density at radius 2 is 1.88 bits per heavy atom. The van der Waals surface area contributed by atoms with Gasteiger partial charge in [0.1, 0.15) is 0 Å². The Labute approximate surface area is 106 Å². The number of nitrogens with zero attached hydrogens (tertiary/aromatic N) is 1. The highest BCUT2D eigenvalue weighted by molar-refractivity contribution is 5.78. The summed E-state index contributed by atoms with van der Waals surface area (Å²) in [6.45, 7) is 7.43. The molecule has 1 aliphatic rings. The third kappa shape index (κ3) is 4.66. The van der Waals surface area contributed by atoms with Crippen molar-refractivity contribution in [3.8, 4) is 0 Å². The monoisotopic (exact) mass is 240 g/mol. The number of hydrogen-bond acceptors (Lipinski definition) is 2. The Kier molecular flexibility index (Phi) is 6.56. The van der Waals surface area contributed by atoms with Crippen molar-refractivity contribution in [2.75, 3.05) is 26.7 Å². The number of nitrogens with one attached hydrogen (secondary N) is 1. The van der Waals surface area contributed by atoms with E-state index in [0.29, 0.717) is 5.91 Å². The van der Waals surface area contributed by atoms with Gasteiger partial charge in [-0.1, -0.05) is 13.8 Å². The smallest absolute Gasteiger partial charge is 0.225 e. The third-order valence-electron chi connectivity index (χ3n) is 4.04. The normalized spacial score (nSPS) is 17.4. The van der Waals surface area contributed by atoms with E-state index in [-0.39, 0.29) is 5.92 Å². The van der Waals surface area contributed by atoms with Gasteiger partial charge in [0.25, 0.3) is 0 Å². The molecule has 1 amide bonds. The molecule has 0 aliphatic carbocycles. The summed E-state index contributed by atoms with van der Waals surface area (Å²) in [4.78, 5) is 14.0. The minimum atomic E-state index is 0.230. The molecule has 0 unspecified atom stereocenters. The Bertz CT molecular complexity index is 220. The topological polar surface area (TPSA) is 32.3 Å². The van der Waals surface area contributed by atoms with E-state index >= 15 is 0 Å². The lowest BCUT2D eigenvalue weighted by molar-refractivity contribution is -0.134. The van der Waals surface area contributed by atoms with Crippen LogP contribution in [0.4, 0.5) is 0 Å². The van der Waals surface area contributed by atoms with E-state index < -0.39 is 0 Å². The molecule has 0 spiro atoms. The summed E-state index contributed by atoms with van der Waals surface area (Å²) in [5.74, 6) is 1.38. The maximum Gasteiger partial charge on any atom is 0.225 e. The van der Waals surface area contributed by atoms with Crippen LogP contribution in [-0.4, -0.2) is 37.5 Å². The first-order valence-corrected chi connectivity index (χ1v) is 7.14. The maximum absolute atomic E-state index is 12.1. The predicted molar refractivity (Wildman–Crippen MR) is 71.9 cm³/mol. The molecule has 0 bridgehead atoms. The van der Waals surface area contributed by atoms with Crippen molar-refractivity contribution in [3.63, 3.8) is 0 Å². The van der Waals surface area contributed by atoms with Crippen molar-refractivity contribution >= 4 is 5.91 Å². The lowest BCUT2D eigenvalue weighted by atomic mass is 9.94. The van der Waals surface area contributed by atoms with Crippen molar-refractivity contribution in [2.24, 2.45) is 11.8 Å². The second-order valence-electron chi connectivity index (χ2n) is 5.26. The van der Waals surface area contributed by atoms with Crippen LogP contribution in [0.3, 0.4) is 0 Å². The summed E-state index contributed by atoms with van der Waals surface area (Å²) in [6.07, 6.45) is 5.64. The molecule has 100 valence electrons. The van der Waals surface area contributed by atoms with E-state index in [0.717, 1.165) is 38.4 Å². The summed E-state index contributed by atoms with van der Waals surface area (Å²) in [5, 5.41) is 3.38. The number of piperidine rings is 1. The summed E-state index contributed by atoms with van der Waals surface area (Å²) in [5.41, 5.74) is 0. The van der Waals surface area contributed by atoms with Gasteiger partial charge in [0.15, 0.2) is 0 Å². The number of rotatable bonds is 6. The molecule has 0 atom stereocenters. The van der Waals surface area contributed by atoms with Crippen molar-refractivity contribution in [1.29, 1.82) is 0 Å². The molecule has 0 aromatic heterocycles. The van der Waals surface area contributed by atoms with E-state index in [4.69, 9.17) is 0 Å². The average molecular weight is 240 g/mol. The van der Waals surface area contributed by atoms with Gasteiger partial charge in [-0.15, -0.1) is 0 Å². The van der Waals surface area contributed by atoms with Crippen LogP contribution in [0.1, 0.15) is 46.0 Å². The van der Waals surface area contributed by atoms with Crippen LogP contribution in [-0.2, 0) is 4.79 Å². The van der Waals surface area contributed by atoms with Crippen molar-refractivity contribution < 1.29 is 4.79 Å². The summed E-state index contributed by atoms with van der Waals surface area (Å²) in [7, 11) is 1.96. The summed E-state index contributed by atoms with van der Waals surface area (Å²) < 4.78 is 0. The predicted octanol–water partition coefficient (Wildman–Crippen LogP) is 2.27. The number of carbonyl (C=O) groups is 1. The lowest BCUT2D eigenvalue weighted by Gasteiger charge is -2.27. The average Bonchev–Trinajstić information content (AvgIpc) is 2.38. The van der Waals surface area contributed by atoms with Crippen LogP contribution in [0.5, 0.6) is 0 Å². The minimum Gasteiger partial charge on any atom is -0.346 e. The summed E-state index contributed by atoms with van der Waals surface area (Å²) in [6, 6.07) is 0. The van der Waals surface area contributed by atoms with E-state index in [2.05, 4.69) is 19.2 Å². The van der Waals surface area contributed by atoms with E-state index in [9.17, 15) is 4.79 Å². The molecular weight excluding hydrogens is 212 g/mol. The van der Waals surface area contributed by atoms with E-state index in [1.54, 1.807) is 0 Å². The molecule has 1 aliphatic heterocycles. The van der Waals surface area contributed by atoms with Crippen molar-refractivity contribution in [3.05, 3.63) is 0 Å². The second kappa shape index (κ2) is 7.70. The zero-order valence-corrected chi connectivity index (χ0v) is 11.7. The number of carbonyl (C=O) groups excluding carboxylic acids is 1. The fraction of sp³-hybridized carbons (Fsp3) is 0.929. The minimum absolute atomic E-state index is 0.230. The number of amides is 1. The Morgan fingerprint density at radius 3 is 2.41 bits per heavy atom. The molecule has 17 heavy (non-hydrogen) atoms. The van der Waals surface area contributed by atoms with Crippen LogP contribution in [0.15, 0.2) is 0 Å². The second-order valence-corrected chi connectivity index (χ2v) is 5.26. The molecule has 0 saturated carbocycles. The molecule has 3 heteroatoms. The first-order valence-electron chi connectivity index (χ1n) is 7.14. The zero-order valence-electron chi connectivity index (χ0n) is 11.7. The van der Waals surface area contributed by atoms with Gasteiger partial charge < -0.3 is 10.2 Å². The van der Waals surface area contributed by atoms with Gasteiger partial charge in [0.05, 0.1) is 0 Å². The Balaban J connectivity index is 2.27. The highest BCUT2D eigenvalue weighted by atomic mass is 16.2. The fourth-order valence-corrected chi connectivity index (χ4v) is 2.61. The molecule has 1 saturated heterocycles. The molecule has 3 nitrogen and oxygen atoms in total. The Hall–Kier alpha value is -0.570. The van der Waals surface area contributed by atoms with Crippen LogP contribution in [0, 0.1) is 11.8 Å². The van der Waals surface area contributed by atoms with Crippen LogP contribution in [0.25, 0.3) is 0 Å². The van der Waals surface area contributed by atoms with Gasteiger partial charge in [0, 0.05) is 19.5 Å². The largest absolute Gasteiger partial charge is 0.346 e. The highest BCUT2D eigenvalue weighted by Crippen LogP contribution is 2.17. The SMILES string of the molecule is CCC(CC)C(=O)N(C)CCC1CCNCC1. The van der Waals surface area contributed by atoms with E-state index in [1.165, 1.54) is 19.3 Å². The zero-order chi connectivity index (χ0) is 12.7. The molecule has 1 rings (SSSR count). The molecular formula is C14H28N2O. The van der Waals surface area contributed by atoms with Gasteiger partial charge in [-0.25, -0.2) is 0 Å². The first-order chi connectivity index (χ1) is 8.19. The van der Waals surface area contributed by atoms with Crippen LogP contribution < -0.4 is 5.32 Å². The van der Waals surface area contributed by atoms with Crippen molar-refractivity contribution in [1.82, 2.24) is 10.2 Å². The molecule has 1 fully saturated rings. The standard InChI is InChI=1S/C14H28N2O/c1-4-13(5-2)14(17)16(3)11-8-12-6-9-15-10-7-12/h12-13,15H,4-11H2,1-3H3. The van der Waals surface area contributed by atoms with Gasteiger partial charge in [-0.2, -0.15) is 0 Å². The highest BCUT2D eigenvalue weighted by Gasteiger charge is 2.20. The van der Waals surface area contributed by atoms with Crippen molar-refractivity contribution in [2.45, 2.75) is 46.0 Å². The molecule has 1 N–H and O–H groups in total. The van der Waals surface area contributed by atoms with Crippen LogP contribution >= 0.6 is 0 Å². The quantitative estimate of drug-likeness (QED) is 0.772. The molecule has 0 radical (unpaired) electrons. The Morgan fingerprint density at radius 1 is 1.29 bits per heavy atom. The van der Waals surface area contributed by atoms with Gasteiger partial charge in [-0.05, 0) is 51.1 Å². The lowest BCUT2D eigenvalue weighted by Crippen LogP contribution is -2.35. The maximum atomic E-state index is 12.1. The molecule has 0 aromatic rings. The molecule has 0 aromatic carbocycles. The first kappa shape index (κ1) is 14.5. The van der Waals surface area contributed by atoms with Gasteiger partial charge in [0.2, 0.25) is 5.91 Å². The van der Waals surface area contributed by atoms with Crippen LogP contribution in [0.2, 0.25) is 0 Å². The number of hydrogen-bond donors (Lipinski definition) is 1. The fourth-order valence-electron chi connectivity index (χ4n) is 2.61. The van der Waals surface area contributed by atoms with Gasteiger partial charge in [-0.3, -0.25) is 4.79 Å². The molecule has 1 heterocycles. The van der Waals surface area contributed by atoms with E-state index in [1.807, 2.05) is 11.9 Å².